The molecule has 0 saturated carbocycles. The maximum Gasteiger partial charge on any atom is 0.247 e. The maximum absolute atomic E-state index is 14.1. The highest BCUT2D eigenvalue weighted by molar-refractivity contribution is 7.89. The zero-order valence-electron chi connectivity index (χ0n) is 21.1. The molecule has 1 aliphatic heterocycles. The van der Waals surface area contributed by atoms with Crippen molar-refractivity contribution in [1.29, 1.82) is 0 Å². The predicted octanol–water partition coefficient (Wildman–Crippen LogP) is 4.57. The van der Waals surface area contributed by atoms with E-state index in [0.717, 1.165) is 43.8 Å². The molecule has 3 aromatic rings. The van der Waals surface area contributed by atoms with Gasteiger partial charge in [0.2, 0.25) is 10.0 Å². The lowest BCUT2D eigenvalue weighted by Crippen LogP contribution is -2.46. The van der Waals surface area contributed by atoms with E-state index < -0.39 is 10.0 Å². The van der Waals surface area contributed by atoms with E-state index in [4.69, 9.17) is 14.2 Å². The number of likely N-dealkylation sites (tertiary alicyclic amines) is 1. The van der Waals surface area contributed by atoms with Crippen molar-refractivity contribution in [3.05, 3.63) is 83.9 Å². The summed E-state index contributed by atoms with van der Waals surface area (Å²) in [6.45, 7) is 2.77. The molecule has 8 heteroatoms. The highest BCUT2D eigenvalue weighted by Gasteiger charge is 2.36. The molecule has 1 heterocycles. The van der Waals surface area contributed by atoms with E-state index in [1.54, 1.807) is 29.6 Å². The second kappa shape index (κ2) is 11.8. The molecule has 0 unspecified atom stereocenters. The molecule has 0 aromatic heterocycles. The van der Waals surface area contributed by atoms with Crippen molar-refractivity contribution in [2.75, 3.05) is 34.4 Å². The normalized spacial score (nSPS) is 15.1. The fourth-order valence-electron chi connectivity index (χ4n) is 4.64. The third-order valence-corrected chi connectivity index (χ3v) is 8.59. The van der Waals surface area contributed by atoms with Crippen molar-refractivity contribution in [3.8, 4) is 17.2 Å². The molecular formula is C28H34N2O5S. The summed E-state index contributed by atoms with van der Waals surface area (Å²) in [4.78, 5) is 2.50. The van der Waals surface area contributed by atoms with Gasteiger partial charge in [-0.1, -0.05) is 42.5 Å². The van der Waals surface area contributed by atoms with E-state index in [2.05, 4.69) is 17.0 Å². The van der Waals surface area contributed by atoms with E-state index in [1.807, 2.05) is 42.5 Å². The van der Waals surface area contributed by atoms with Gasteiger partial charge >= 0.3 is 0 Å². The van der Waals surface area contributed by atoms with Gasteiger partial charge in [-0.05, 0) is 48.2 Å². The molecule has 1 aliphatic rings. The number of methoxy groups -OCH3 is 3. The summed E-state index contributed by atoms with van der Waals surface area (Å²) in [5.74, 6) is 1.50. The Morgan fingerprint density at radius 2 is 1.44 bits per heavy atom. The van der Waals surface area contributed by atoms with Gasteiger partial charge in [-0.25, -0.2) is 8.42 Å². The Balaban J connectivity index is 1.61. The van der Waals surface area contributed by atoms with E-state index >= 15 is 0 Å². The molecule has 4 rings (SSSR count). The molecular weight excluding hydrogens is 476 g/mol. The molecule has 1 fully saturated rings. The van der Waals surface area contributed by atoms with Crippen molar-refractivity contribution in [3.63, 3.8) is 0 Å². The third kappa shape index (κ3) is 6.00. The lowest BCUT2D eigenvalue weighted by molar-refractivity contribution is 0.150. The number of piperidine rings is 1. The van der Waals surface area contributed by atoms with E-state index in [0.29, 0.717) is 11.5 Å². The van der Waals surface area contributed by atoms with Gasteiger partial charge in [-0.2, -0.15) is 4.31 Å². The zero-order valence-corrected chi connectivity index (χ0v) is 21.9. The number of hydrogen-bond acceptors (Lipinski definition) is 6. The summed E-state index contributed by atoms with van der Waals surface area (Å²) in [5, 5.41) is 0. The highest BCUT2D eigenvalue weighted by Crippen LogP contribution is 2.34. The number of ether oxygens (including phenoxy) is 3. The minimum atomic E-state index is -3.89. The number of hydrogen-bond donors (Lipinski definition) is 0. The monoisotopic (exact) mass is 510 g/mol. The SMILES string of the molecule is COc1ccc(CN(C2CCN(Cc3ccccc3)CC2)S(=O)(=O)c2cc(OC)ccc2OC)cc1. The lowest BCUT2D eigenvalue weighted by atomic mass is 10.0. The summed E-state index contributed by atoms with van der Waals surface area (Å²) in [5.41, 5.74) is 2.16. The van der Waals surface area contributed by atoms with E-state index in [-0.39, 0.29) is 17.5 Å². The van der Waals surface area contributed by atoms with Gasteiger partial charge in [0, 0.05) is 38.3 Å². The lowest BCUT2D eigenvalue weighted by Gasteiger charge is -2.38. The largest absolute Gasteiger partial charge is 0.497 e. The van der Waals surface area contributed by atoms with Crippen LogP contribution in [0.2, 0.25) is 0 Å². The van der Waals surface area contributed by atoms with E-state index in [9.17, 15) is 8.42 Å². The molecule has 7 nitrogen and oxygen atoms in total. The van der Waals surface area contributed by atoms with Crippen molar-refractivity contribution >= 4 is 10.0 Å². The Hall–Kier alpha value is -3.07. The second-order valence-corrected chi connectivity index (χ2v) is 10.8. The minimum absolute atomic E-state index is 0.115. The van der Waals surface area contributed by atoms with Crippen LogP contribution in [0.3, 0.4) is 0 Å². The van der Waals surface area contributed by atoms with Crippen LogP contribution < -0.4 is 14.2 Å². The Kier molecular flexibility index (Phi) is 8.51. The Morgan fingerprint density at radius 1 is 0.806 bits per heavy atom. The van der Waals surface area contributed by atoms with Crippen LogP contribution in [0, 0.1) is 0 Å². The smallest absolute Gasteiger partial charge is 0.247 e. The van der Waals surface area contributed by atoms with Crippen LogP contribution in [0.15, 0.2) is 77.7 Å². The average molecular weight is 511 g/mol. The van der Waals surface area contributed by atoms with Crippen molar-refractivity contribution in [2.24, 2.45) is 0 Å². The van der Waals surface area contributed by atoms with E-state index in [1.165, 1.54) is 19.8 Å². The summed E-state index contributed by atoms with van der Waals surface area (Å²) < 4.78 is 45.9. The fraction of sp³-hybridized carbons (Fsp3) is 0.357. The Morgan fingerprint density at radius 3 is 2.06 bits per heavy atom. The molecule has 0 radical (unpaired) electrons. The van der Waals surface area contributed by atoms with Gasteiger partial charge in [-0.3, -0.25) is 4.90 Å². The van der Waals surface area contributed by atoms with Crippen LogP contribution in [-0.4, -0.2) is 58.1 Å². The van der Waals surface area contributed by atoms with Gasteiger partial charge in [0.25, 0.3) is 0 Å². The number of sulfonamides is 1. The van der Waals surface area contributed by atoms with Gasteiger partial charge in [0.15, 0.2) is 0 Å². The van der Waals surface area contributed by atoms with Gasteiger partial charge in [0.1, 0.15) is 22.1 Å². The quantitative estimate of drug-likeness (QED) is 0.398. The van der Waals surface area contributed by atoms with Crippen LogP contribution >= 0.6 is 0 Å². The summed E-state index contributed by atoms with van der Waals surface area (Å²) in [7, 11) is 0.734. The maximum atomic E-state index is 14.1. The molecule has 1 saturated heterocycles. The molecule has 0 atom stereocenters. The number of rotatable bonds is 10. The van der Waals surface area contributed by atoms with Crippen molar-refractivity contribution in [1.82, 2.24) is 9.21 Å². The molecule has 0 aliphatic carbocycles. The first-order valence-corrected chi connectivity index (χ1v) is 13.5. The first kappa shape index (κ1) is 26.0. The zero-order chi connectivity index (χ0) is 25.5. The van der Waals surface area contributed by atoms with Gasteiger partial charge in [0.05, 0.1) is 21.3 Å². The topological polar surface area (TPSA) is 68.3 Å². The highest BCUT2D eigenvalue weighted by atomic mass is 32.2. The summed E-state index contributed by atoms with van der Waals surface area (Å²) in [6.07, 6.45) is 1.49. The molecule has 0 amide bonds. The van der Waals surface area contributed by atoms with Crippen molar-refractivity contribution in [2.45, 2.75) is 36.9 Å². The predicted molar refractivity (Wildman–Crippen MR) is 140 cm³/mol. The second-order valence-electron chi connectivity index (χ2n) is 8.91. The molecule has 0 spiro atoms. The van der Waals surface area contributed by atoms with Crippen LogP contribution in [0.25, 0.3) is 0 Å². The third-order valence-electron chi connectivity index (χ3n) is 6.67. The van der Waals surface area contributed by atoms with Gasteiger partial charge in [-0.15, -0.1) is 0 Å². The van der Waals surface area contributed by atoms with Gasteiger partial charge < -0.3 is 14.2 Å². The average Bonchev–Trinajstić information content (AvgIpc) is 2.92. The first-order valence-electron chi connectivity index (χ1n) is 12.1. The summed E-state index contributed by atoms with van der Waals surface area (Å²) in [6, 6.07) is 22.6. The fourth-order valence-corrected chi connectivity index (χ4v) is 6.49. The minimum Gasteiger partial charge on any atom is -0.497 e. The molecule has 192 valence electrons. The summed E-state index contributed by atoms with van der Waals surface area (Å²) >= 11 is 0. The molecule has 0 N–H and O–H groups in total. The first-order chi connectivity index (χ1) is 17.4. The van der Waals surface area contributed by atoms with Crippen LogP contribution in [0.1, 0.15) is 24.0 Å². The van der Waals surface area contributed by atoms with Crippen molar-refractivity contribution < 1.29 is 22.6 Å². The number of nitrogens with zero attached hydrogens (tertiary/aromatic N) is 2. The Labute approximate surface area is 214 Å². The van der Waals surface area contributed by atoms with Crippen LogP contribution in [0.5, 0.6) is 17.2 Å². The number of benzene rings is 3. The molecule has 36 heavy (non-hydrogen) atoms. The standard InChI is InChI=1S/C28H34N2O5S/c1-33-25-11-9-23(10-12-25)21-30(36(31,32)28-19-26(34-2)13-14-27(28)35-3)24-15-17-29(18-16-24)20-22-7-5-4-6-8-22/h4-14,19,24H,15-18,20-21H2,1-3H3. The van der Waals surface area contributed by atoms with Crippen LogP contribution in [-0.2, 0) is 23.1 Å². The molecule has 3 aromatic carbocycles. The molecule has 0 bridgehead atoms. The Bertz CT molecular complexity index is 1220. The van der Waals surface area contributed by atoms with Crippen LogP contribution in [0.4, 0.5) is 0 Å².